The van der Waals surface area contributed by atoms with Crippen LogP contribution in [0.5, 0.6) is 0 Å². The molecule has 0 aliphatic heterocycles. The highest BCUT2D eigenvalue weighted by Crippen LogP contribution is 2.37. The van der Waals surface area contributed by atoms with E-state index in [1.165, 1.54) is 5.57 Å². The predicted molar refractivity (Wildman–Crippen MR) is 104 cm³/mol. The van der Waals surface area contributed by atoms with Crippen LogP contribution in [-0.2, 0) is 9.59 Å². The zero-order valence-electron chi connectivity index (χ0n) is 15.3. The molecule has 3 aliphatic carbocycles. The summed E-state index contributed by atoms with van der Waals surface area (Å²) in [4.78, 5) is 33.3. The molecule has 0 bridgehead atoms. The van der Waals surface area contributed by atoms with Crippen LogP contribution >= 0.6 is 0 Å². The van der Waals surface area contributed by atoms with Crippen molar-refractivity contribution in [3.05, 3.63) is 30.0 Å². The molecule has 2 aromatic heterocycles. The van der Waals surface area contributed by atoms with E-state index in [0.717, 1.165) is 68.0 Å². The van der Waals surface area contributed by atoms with Gasteiger partial charge in [0, 0.05) is 29.6 Å². The smallest absolute Gasteiger partial charge is 0.228 e. The van der Waals surface area contributed by atoms with Crippen LogP contribution in [0.25, 0.3) is 16.6 Å². The minimum atomic E-state index is 0.0723. The van der Waals surface area contributed by atoms with E-state index >= 15 is 0 Å². The van der Waals surface area contributed by atoms with E-state index in [1.807, 2.05) is 23.2 Å². The molecule has 2 aromatic rings. The Balaban J connectivity index is 1.41. The molecule has 140 valence electrons. The second kappa shape index (κ2) is 6.51. The number of carbonyl (C=O) groups excluding carboxylic acids is 2. The van der Waals surface area contributed by atoms with Crippen LogP contribution in [0.2, 0.25) is 0 Å². The topological polar surface area (TPSA) is 78.1 Å². The number of nitrogens with one attached hydrogen (secondary N) is 2. The Morgan fingerprint density at radius 2 is 2.07 bits per heavy atom. The average molecular weight is 364 g/mol. The van der Waals surface area contributed by atoms with Crippen molar-refractivity contribution < 1.29 is 9.59 Å². The molecule has 5 rings (SSSR count). The summed E-state index contributed by atoms with van der Waals surface area (Å²) < 4.78 is 0. The summed E-state index contributed by atoms with van der Waals surface area (Å²) in [5, 5.41) is 4.05. The first kappa shape index (κ1) is 16.5. The highest BCUT2D eigenvalue weighted by Gasteiger charge is 2.34. The number of nitrogens with zero attached hydrogens (tertiary/aromatic N) is 2. The minimum Gasteiger partial charge on any atom is -0.346 e. The third kappa shape index (κ3) is 3.24. The Labute approximate surface area is 158 Å². The number of aromatic amines is 1. The van der Waals surface area contributed by atoms with Crippen molar-refractivity contribution in [2.24, 2.45) is 5.92 Å². The van der Waals surface area contributed by atoms with Gasteiger partial charge < -0.3 is 15.2 Å². The Morgan fingerprint density at radius 3 is 2.74 bits per heavy atom. The molecule has 1 unspecified atom stereocenters. The van der Waals surface area contributed by atoms with Crippen LogP contribution in [-0.4, -0.2) is 39.3 Å². The SMILES string of the molecule is O=CN(C1CC=C(c2cc(NC(=O)C3CC3)nc3[nH]ccc23)CC1)C1CC1. The molecule has 0 saturated heterocycles. The van der Waals surface area contributed by atoms with Gasteiger partial charge in [-0.3, -0.25) is 9.59 Å². The lowest BCUT2D eigenvalue weighted by Gasteiger charge is -2.31. The molecule has 1 atom stereocenters. The molecule has 2 fully saturated rings. The Bertz CT molecular complexity index is 923. The first-order valence-corrected chi connectivity index (χ1v) is 9.94. The van der Waals surface area contributed by atoms with Gasteiger partial charge in [0.2, 0.25) is 12.3 Å². The quantitative estimate of drug-likeness (QED) is 0.771. The molecular weight excluding hydrogens is 340 g/mol. The highest BCUT2D eigenvalue weighted by molar-refractivity contribution is 5.97. The van der Waals surface area contributed by atoms with Crippen LogP contribution < -0.4 is 5.32 Å². The first-order valence-electron chi connectivity index (χ1n) is 9.94. The van der Waals surface area contributed by atoms with Crippen LogP contribution in [0.4, 0.5) is 5.82 Å². The molecule has 2 saturated carbocycles. The van der Waals surface area contributed by atoms with Gasteiger partial charge in [-0.25, -0.2) is 4.98 Å². The fourth-order valence-corrected chi connectivity index (χ4v) is 4.12. The molecule has 2 N–H and O–H groups in total. The Kier molecular flexibility index (Phi) is 3.99. The second-order valence-corrected chi connectivity index (χ2v) is 8.00. The van der Waals surface area contributed by atoms with Gasteiger partial charge in [0.15, 0.2) is 0 Å². The number of carbonyl (C=O) groups is 2. The molecule has 0 spiro atoms. The number of fused-ring (bicyclic) bond motifs is 1. The van der Waals surface area contributed by atoms with E-state index < -0.39 is 0 Å². The van der Waals surface area contributed by atoms with Crippen molar-refractivity contribution in [2.45, 2.75) is 57.0 Å². The zero-order chi connectivity index (χ0) is 18.4. The van der Waals surface area contributed by atoms with Gasteiger partial charge in [-0.15, -0.1) is 0 Å². The van der Waals surface area contributed by atoms with Crippen LogP contribution in [0.3, 0.4) is 0 Å². The first-order chi connectivity index (χ1) is 13.2. The normalized spacial score (nSPS) is 22.4. The van der Waals surface area contributed by atoms with Crippen LogP contribution in [0.15, 0.2) is 24.4 Å². The van der Waals surface area contributed by atoms with Gasteiger partial charge >= 0.3 is 0 Å². The van der Waals surface area contributed by atoms with E-state index in [4.69, 9.17) is 0 Å². The highest BCUT2D eigenvalue weighted by atomic mass is 16.2. The van der Waals surface area contributed by atoms with E-state index in [-0.39, 0.29) is 11.8 Å². The third-order valence-corrected chi connectivity index (χ3v) is 5.97. The van der Waals surface area contributed by atoms with Gasteiger partial charge in [0.05, 0.1) is 0 Å². The number of hydrogen-bond donors (Lipinski definition) is 2. The van der Waals surface area contributed by atoms with Crippen molar-refractivity contribution in [1.29, 1.82) is 0 Å². The van der Waals surface area contributed by atoms with E-state index in [0.29, 0.717) is 17.9 Å². The number of hydrogen-bond acceptors (Lipinski definition) is 3. The fourth-order valence-electron chi connectivity index (χ4n) is 4.12. The van der Waals surface area contributed by atoms with Crippen molar-refractivity contribution >= 4 is 34.7 Å². The van der Waals surface area contributed by atoms with Crippen molar-refractivity contribution in [1.82, 2.24) is 14.9 Å². The largest absolute Gasteiger partial charge is 0.346 e. The number of rotatable bonds is 6. The monoisotopic (exact) mass is 364 g/mol. The fraction of sp³-hybridized carbons (Fsp3) is 0.476. The Hall–Kier alpha value is -2.63. The summed E-state index contributed by atoms with van der Waals surface area (Å²) in [6.07, 6.45) is 12.2. The van der Waals surface area contributed by atoms with E-state index in [2.05, 4.69) is 21.4 Å². The summed E-state index contributed by atoms with van der Waals surface area (Å²) in [5.74, 6) is 0.844. The summed E-state index contributed by atoms with van der Waals surface area (Å²) in [5.41, 5.74) is 3.21. The minimum absolute atomic E-state index is 0.0723. The lowest BCUT2D eigenvalue weighted by Crippen LogP contribution is -2.36. The number of amides is 2. The average Bonchev–Trinajstić information content (AvgIpc) is 3.60. The zero-order valence-corrected chi connectivity index (χ0v) is 15.3. The summed E-state index contributed by atoms with van der Waals surface area (Å²) in [6, 6.07) is 4.82. The molecule has 2 heterocycles. The molecule has 0 aromatic carbocycles. The maximum atomic E-state index is 12.1. The molecular formula is C21H24N4O2. The standard InChI is InChI=1S/C21H24N4O2/c26-12-25(16-7-8-16)15-5-3-13(4-6-15)18-11-19(24-21(27)14-1-2-14)23-20-17(18)9-10-22-20/h3,9-12,14-16H,1-2,4-8H2,(H2,22,23,24,27). The lowest BCUT2D eigenvalue weighted by atomic mass is 9.89. The van der Waals surface area contributed by atoms with Crippen LogP contribution in [0.1, 0.15) is 50.5 Å². The Morgan fingerprint density at radius 1 is 1.22 bits per heavy atom. The number of allylic oxidation sites excluding steroid dienone is 1. The van der Waals surface area contributed by atoms with Gasteiger partial charge in [0.25, 0.3) is 0 Å². The second-order valence-electron chi connectivity index (χ2n) is 8.00. The molecule has 6 heteroatoms. The summed E-state index contributed by atoms with van der Waals surface area (Å²) in [7, 11) is 0. The van der Waals surface area contributed by atoms with Crippen molar-refractivity contribution in [3.63, 3.8) is 0 Å². The molecule has 3 aliphatic rings. The maximum Gasteiger partial charge on any atom is 0.228 e. The third-order valence-electron chi connectivity index (χ3n) is 5.97. The number of pyridine rings is 1. The lowest BCUT2D eigenvalue weighted by molar-refractivity contribution is -0.121. The van der Waals surface area contributed by atoms with E-state index in [1.54, 1.807) is 0 Å². The molecule has 0 radical (unpaired) electrons. The summed E-state index contributed by atoms with van der Waals surface area (Å²) >= 11 is 0. The number of H-pyrrole nitrogens is 1. The van der Waals surface area contributed by atoms with Gasteiger partial charge in [-0.05, 0) is 68.2 Å². The van der Waals surface area contributed by atoms with Gasteiger partial charge in [0.1, 0.15) is 11.5 Å². The molecule has 2 amide bonds. The summed E-state index contributed by atoms with van der Waals surface area (Å²) in [6.45, 7) is 0. The number of aromatic nitrogens is 2. The van der Waals surface area contributed by atoms with Crippen molar-refractivity contribution in [2.75, 3.05) is 5.32 Å². The van der Waals surface area contributed by atoms with Gasteiger partial charge in [-0.1, -0.05) is 6.08 Å². The predicted octanol–water partition coefficient (Wildman–Crippen LogP) is 3.47. The molecule has 27 heavy (non-hydrogen) atoms. The van der Waals surface area contributed by atoms with E-state index in [9.17, 15) is 9.59 Å². The van der Waals surface area contributed by atoms with Crippen LogP contribution in [0, 0.1) is 5.92 Å². The van der Waals surface area contributed by atoms with Gasteiger partial charge in [-0.2, -0.15) is 0 Å². The van der Waals surface area contributed by atoms with Crippen molar-refractivity contribution in [3.8, 4) is 0 Å². The maximum absolute atomic E-state index is 12.1. The molecule has 6 nitrogen and oxygen atoms in total. The number of anilines is 1.